The molecule has 0 fully saturated rings. The Balaban J connectivity index is 1.83. The largest absolute Gasteiger partial charge is 0.325 e. The quantitative estimate of drug-likeness (QED) is 0.877. The Morgan fingerprint density at radius 1 is 1.14 bits per heavy atom. The highest BCUT2D eigenvalue weighted by atomic mass is 32.2. The Morgan fingerprint density at radius 3 is 2.38 bits per heavy atom. The van der Waals surface area contributed by atoms with Crippen molar-refractivity contribution < 1.29 is 9.18 Å². The van der Waals surface area contributed by atoms with E-state index in [9.17, 15) is 9.18 Å². The van der Waals surface area contributed by atoms with Crippen molar-refractivity contribution in [3.63, 3.8) is 0 Å². The fraction of sp³-hybridized carbons (Fsp3) is 0.235. The summed E-state index contributed by atoms with van der Waals surface area (Å²) in [4.78, 5) is 11.9. The standard InChI is InChI=1S/C17H18FNOS/c1-12-3-9-16(10-4-12)19-17(20)11-21-13(2)14-5-7-15(18)8-6-14/h3-10,13H,11H2,1-2H3,(H,19,20). The molecule has 1 amide bonds. The first kappa shape index (κ1) is 15.6. The van der Waals surface area contributed by atoms with Gasteiger partial charge in [-0.15, -0.1) is 11.8 Å². The van der Waals surface area contributed by atoms with Crippen molar-refractivity contribution in [3.8, 4) is 0 Å². The summed E-state index contributed by atoms with van der Waals surface area (Å²) in [5.41, 5.74) is 2.98. The number of carbonyl (C=O) groups is 1. The molecule has 21 heavy (non-hydrogen) atoms. The Morgan fingerprint density at radius 2 is 1.76 bits per heavy atom. The molecule has 110 valence electrons. The molecule has 2 rings (SSSR count). The van der Waals surface area contributed by atoms with Gasteiger partial charge in [-0.05, 0) is 43.7 Å². The molecule has 1 unspecified atom stereocenters. The Kier molecular flexibility index (Phi) is 5.39. The van der Waals surface area contributed by atoms with E-state index < -0.39 is 0 Å². The van der Waals surface area contributed by atoms with Gasteiger partial charge in [0.2, 0.25) is 5.91 Å². The second kappa shape index (κ2) is 7.27. The van der Waals surface area contributed by atoms with Gasteiger partial charge >= 0.3 is 0 Å². The van der Waals surface area contributed by atoms with Crippen LogP contribution >= 0.6 is 11.8 Å². The molecule has 0 radical (unpaired) electrons. The van der Waals surface area contributed by atoms with Gasteiger partial charge < -0.3 is 5.32 Å². The minimum absolute atomic E-state index is 0.0298. The molecule has 2 nitrogen and oxygen atoms in total. The predicted molar refractivity (Wildman–Crippen MR) is 87.1 cm³/mol. The molecule has 1 N–H and O–H groups in total. The molecule has 0 aromatic heterocycles. The van der Waals surface area contributed by atoms with Gasteiger partial charge in [0.15, 0.2) is 0 Å². The summed E-state index contributed by atoms with van der Waals surface area (Å²) in [7, 11) is 0. The van der Waals surface area contributed by atoms with E-state index in [4.69, 9.17) is 0 Å². The van der Waals surface area contributed by atoms with E-state index in [-0.39, 0.29) is 17.0 Å². The van der Waals surface area contributed by atoms with Crippen LogP contribution in [0.5, 0.6) is 0 Å². The van der Waals surface area contributed by atoms with Crippen LogP contribution in [0.15, 0.2) is 48.5 Å². The lowest BCUT2D eigenvalue weighted by atomic mass is 10.2. The van der Waals surface area contributed by atoms with Gasteiger partial charge in [0.05, 0.1) is 5.75 Å². The second-order valence-corrected chi connectivity index (χ2v) is 6.25. The summed E-state index contributed by atoms with van der Waals surface area (Å²) >= 11 is 1.53. The molecule has 2 aromatic carbocycles. The first-order valence-corrected chi connectivity index (χ1v) is 7.83. The van der Waals surface area contributed by atoms with Gasteiger partial charge in [0, 0.05) is 10.9 Å². The van der Waals surface area contributed by atoms with Gasteiger partial charge in [-0.25, -0.2) is 4.39 Å². The first-order valence-electron chi connectivity index (χ1n) is 6.78. The first-order chi connectivity index (χ1) is 10.0. The number of benzene rings is 2. The third kappa shape index (κ3) is 4.90. The lowest BCUT2D eigenvalue weighted by molar-refractivity contribution is -0.113. The highest BCUT2D eigenvalue weighted by molar-refractivity contribution is 8.00. The molecule has 0 aliphatic carbocycles. The lowest BCUT2D eigenvalue weighted by Crippen LogP contribution is -2.14. The fourth-order valence-electron chi connectivity index (χ4n) is 1.86. The smallest absolute Gasteiger partial charge is 0.234 e. The zero-order valence-corrected chi connectivity index (χ0v) is 12.9. The van der Waals surface area contributed by atoms with Crippen LogP contribution in [-0.2, 0) is 4.79 Å². The zero-order chi connectivity index (χ0) is 15.2. The maximum Gasteiger partial charge on any atom is 0.234 e. The Labute approximate surface area is 128 Å². The van der Waals surface area contributed by atoms with Crippen molar-refractivity contribution in [2.45, 2.75) is 19.1 Å². The molecular weight excluding hydrogens is 285 g/mol. The number of amides is 1. The van der Waals surface area contributed by atoms with Crippen LogP contribution in [-0.4, -0.2) is 11.7 Å². The van der Waals surface area contributed by atoms with Gasteiger partial charge in [0.25, 0.3) is 0 Å². The lowest BCUT2D eigenvalue weighted by Gasteiger charge is -2.12. The average Bonchev–Trinajstić information content (AvgIpc) is 2.48. The fourth-order valence-corrected chi connectivity index (χ4v) is 2.69. The molecule has 0 spiro atoms. The van der Waals surface area contributed by atoms with Crippen LogP contribution in [0.3, 0.4) is 0 Å². The molecule has 0 bridgehead atoms. The molecule has 0 saturated heterocycles. The number of hydrogen-bond acceptors (Lipinski definition) is 2. The maximum absolute atomic E-state index is 12.9. The highest BCUT2D eigenvalue weighted by Crippen LogP contribution is 2.28. The summed E-state index contributed by atoms with van der Waals surface area (Å²) in [5, 5.41) is 3.01. The Bertz CT molecular complexity index is 595. The van der Waals surface area contributed by atoms with Gasteiger partial charge in [0.1, 0.15) is 5.82 Å². The number of halogens is 1. The summed E-state index contributed by atoms with van der Waals surface area (Å²) in [6, 6.07) is 14.1. The summed E-state index contributed by atoms with van der Waals surface area (Å²) < 4.78 is 12.9. The van der Waals surface area contributed by atoms with Crippen molar-refractivity contribution >= 4 is 23.4 Å². The molecule has 0 heterocycles. The third-order valence-electron chi connectivity index (χ3n) is 3.14. The van der Waals surface area contributed by atoms with Crippen LogP contribution in [0, 0.1) is 12.7 Å². The minimum atomic E-state index is -0.243. The van der Waals surface area contributed by atoms with Crippen LogP contribution in [0.4, 0.5) is 10.1 Å². The van der Waals surface area contributed by atoms with Crippen molar-refractivity contribution in [1.29, 1.82) is 0 Å². The van der Waals surface area contributed by atoms with E-state index in [0.717, 1.165) is 16.8 Å². The van der Waals surface area contributed by atoms with Crippen molar-refractivity contribution in [1.82, 2.24) is 0 Å². The SMILES string of the molecule is Cc1ccc(NC(=O)CSC(C)c2ccc(F)cc2)cc1. The molecule has 2 aromatic rings. The van der Waals surface area contributed by atoms with Crippen LogP contribution in [0.1, 0.15) is 23.3 Å². The number of thioether (sulfide) groups is 1. The van der Waals surface area contributed by atoms with Crippen LogP contribution < -0.4 is 5.32 Å². The highest BCUT2D eigenvalue weighted by Gasteiger charge is 2.09. The van der Waals surface area contributed by atoms with Crippen LogP contribution in [0.25, 0.3) is 0 Å². The molecule has 0 saturated carbocycles. The molecule has 0 aliphatic rings. The minimum Gasteiger partial charge on any atom is -0.325 e. The zero-order valence-electron chi connectivity index (χ0n) is 12.1. The molecule has 1 atom stereocenters. The van der Waals surface area contributed by atoms with E-state index in [2.05, 4.69) is 5.32 Å². The summed E-state index contributed by atoms with van der Waals surface area (Å²) in [6.07, 6.45) is 0. The second-order valence-electron chi connectivity index (χ2n) is 4.92. The molecular formula is C17H18FNOS. The van der Waals surface area contributed by atoms with E-state index >= 15 is 0 Å². The van der Waals surface area contributed by atoms with Crippen molar-refractivity contribution in [2.75, 3.05) is 11.1 Å². The number of aryl methyl sites for hydroxylation is 1. The maximum atomic E-state index is 12.9. The van der Waals surface area contributed by atoms with Gasteiger partial charge in [-0.3, -0.25) is 4.79 Å². The number of nitrogens with one attached hydrogen (secondary N) is 1. The summed E-state index contributed by atoms with van der Waals surface area (Å²) in [5.74, 6) is 0.0951. The third-order valence-corrected chi connectivity index (χ3v) is 4.34. The van der Waals surface area contributed by atoms with E-state index in [1.165, 1.54) is 23.9 Å². The predicted octanol–water partition coefficient (Wildman–Crippen LogP) is 4.57. The van der Waals surface area contributed by atoms with Gasteiger partial charge in [-0.1, -0.05) is 29.8 Å². The van der Waals surface area contributed by atoms with Crippen molar-refractivity contribution in [3.05, 3.63) is 65.5 Å². The molecule has 0 aliphatic heterocycles. The topological polar surface area (TPSA) is 29.1 Å². The normalized spacial score (nSPS) is 12.0. The van der Waals surface area contributed by atoms with Crippen LogP contribution in [0.2, 0.25) is 0 Å². The number of hydrogen-bond donors (Lipinski definition) is 1. The van der Waals surface area contributed by atoms with Gasteiger partial charge in [-0.2, -0.15) is 0 Å². The number of anilines is 1. The number of carbonyl (C=O) groups excluding carboxylic acids is 1. The Hall–Kier alpha value is -1.81. The van der Waals surface area contributed by atoms with E-state index in [0.29, 0.717) is 5.75 Å². The van der Waals surface area contributed by atoms with E-state index in [1.54, 1.807) is 12.1 Å². The molecule has 4 heteroatoms. The van der Waals surface area contributed by atoms with Crippen molar-refractivity contribution in [2.24, 2.45) is 0 Å². The number of rotatable bonds is 5. The average molecular weight is 303 g/mol. The van der Waals surface area contributed by atoms with E-state index in [1.807, 2.05) is 38.1 Å². The monoisotopic (exact) mass is 303 g/mol. The summed E-state index contributed by atoms with van der Waals surface area (Å²) in [6.45, 7) is 4.02.